The van der Waals surface area contributed by atoms with Gasteiger partial charge in [-0.05, 0) is 95.1 Å². The van der Waals surface area contributed by atoms with Gasteiger partial charge in [-0.25, -0.2) is 15.0 Å². The Morgan fingerprint density at radius 3 is 1.59 bits per heavy atom. The minimum absolute atomic E-state index is 0.428. The molecule has 7 aromatic carbocycles. The molecular formula is C47H25N5O2. The van der Waals surface area contributed by atoms with Gasteiger partial charge in [0.25, 0.3) is 0 Å². The van der Waals surface area contributed by atoms with Crippen molar-refractivity contribution in [2.45, 2.75) is 0 Å². The van der Waals surface area contributed by atoms with Crippen molar-refractivity contribution in [1.29, 1.82) is 10.5 Å². The van der Waals surface area contributed by atoms with Crippen LogP contribution in [0.4, 0.5) is 0 Å². The van der Waals surface area contributed by atoms with E-state index in [1.54, 1.807) is 18.2 Å². The molecule has 0 aliphatic heterocycles. The summed E-state index contributed by atoms with van der Waals surface area (Å²) in [6.45, 7) is 0. The van der Waals surface area contributed by atoms with E-state index in [0.29, 0.717) is 34.2 Å². The molecule has 0 fully saturated rings. The first-order valence-electron chi connectivity index (χ1n) is 17.4. The topological polar surface area (TPSA) is 113 Å². The van der Waals surface area contributed by atoms with E-state index in [4.69, 9.17) is 23.8 Å². The summed E-state index contributed by atoms with van der Waals surface area (Å²) in [5.74, 6) is 1.39. The molecule has 0 radical (unpaired) electrons. The van der Waals surface area contributed by atoms with Crippen LogP contribution in [0, 0.1) is 22.7 Å². The molecule has 0 bridgehead atoms. The van der Waals surface area contributed by atoms with Crippen LogP contribution in [0.5, 0.6) is 0 Å². The molecule has 3 aromatic heterocycles. The number of hydrogen-bond acceptors (Lipinski definition) is 7. The summed E-state index contributed by atoms with van der Waals surface area (Å²) in [6, 6.07) is 53.6. The molecular weight excluding hydrogens is 667 g/mol. The monoisotopic (exact) mass is 691 g/mol. The van der Waals surface area contributed by atoms with Gasteiger partial charge in [0.05, 0.1) is 23.3 Å². The van der Waals surface area contributed by atoms with Crippen LogP contribution in [0.15, 0.2) is 160 Å². The predicted octanol–water partition coefficient (Wildman–Crippen LogP) is 11.7. The second-order valence-corrected chi connectivity index (χ2v) is 13.0. The van der Waals surface area contributed by atoms with Crippen LogP contribution in [-0.2, 0) is 0 Å². The highest BCUT2D eigenvalue weighted by Gasteiger charge is 2.19. The zero-order chi connectivity index (χ0) is 36.2. The minimum Gasteiger partial charge on any atom is -0.456 e. The molecule has 250 valence electrons. The Balaban J connectivity index is 1.11. The lowest BCUT2D eigenvalue weighted by Crippen LogP contribution is -2.00. The molecule has 10 aromatic rings. The van der Waals surface area contributed by atoms with E-state index in [0.717, 1.165) is 77.3 Å². The van der Waals surface area contributed by atoms with E-state index in [1.807, 2.05) is 103 Å². The number of nitriles is 2. The van der Waals surface area contributed by atoms with E-state index in [-0.39, 0.29) is 0 Å². The van der Waals surface area contributed by atoms with Crippen molar-refractivity contribution in [2.24, 2.45) is 0 Å². The number of hydrogen-bond donors (Lipinski definition) is 0. The number of furan rings is 2. The van der Waals surface area contributed by atoms with Crippen LogP contribution in [0.25, 0.3) is 100 Å². The average Bonchev–Trinajstić information content (AvgIpc) is 3.82. The Labute approximate surface area is 308 Å². The van der Waals surface area contributed by atoms with Gasteiger partial charge in [-0.3, -0.25) is 0 Å². The Morgan fingerprint density at radius 2 is 0.907 bits per heavy atom. The second-order valence-electron chi connectivity index (χ2n) is 13.0. The van der Waals surface area contributed by atoms with Gasteiger partial charge < -0.3 is 8.83 Å². The maximum atomic E-state index is 10.2. The van der Waals surface area contributed by atoms with Crippen LogP contribution in [0.1, 0.15) is 11.1 Å². The molecule has 54 heavy (non-hydrogen) atoms. The highest BCUT2D eigenvalue weighted by atomic mass is 16.3. The average molecular weight is 692 g/mol. The first-order valence-corrected chi connectivity index (χ1v) is 17.4. The highest BCUT2D eigenvalue weighted by Crippen LogP contribution is 2.43. The van der Waals surface area contributed by atoms with E-state index < -0.39 is 0 Å². The van der Waals surface area contributed by atoms with Crippen molar-refractivity contribution in [1.82, 2.24) is 15.0 Å². The van der Waals surface area contributed by atoms with Gasteiger partial charge in [-0.2, -0.15) is 10.5 Å². The molecule has 7 heteroatoms. The SMILES string of the molecule is N#Cc1ccc(-c2nc(-c3ccccc3)nc(-c3cc(C#N)cc(-c4ccc5c(c4)oc4cccc(-c6cccc7oc8ccccc8c67)c45)c3)n2)cc1. The van der Waals surface area contributed by atoms with Gasteiger partial charge >= 0.3 is 0 Å². The third kappa shape index (κ3) is 5.16. The maximum Gasteiger partial charge on any atom is 0.164 e. The molecule has 0 aliphatic rings. The number of fused-ring (bicyclic) bond motifs is 6. The van der Waals surface area contributed by atoms with Crippen LogP contribution < -0.4 is 0 Å². The van der Waals surface area contributed by atoms with Gasteiger partial charge in [0, 0.05) is 38.2 Å². The molecule has 0 N–H and O–H groups in total. The predicted molar refractivity (Wildman–Crippen MR) is 211 cm³/mol. The summed E-state index contributed by atoms with van der Waals surface area (Å²) in [4.78, 5) is 14.6. The van der Waals surface area contributed by atoms with Crippen molar-refractivity contribution in [3.63, 3.8) is 0 Å². The van der Waals surface area contributed by atoms with Gasteiger partial charge in [0.15, 0.2) is 17.5 Å². The molecule has 0 unspecified atom stereocenters. The molecule has 0 spiro atoms. The van der Waals surface area contributed by atoms with Gasteiger partial charge in [-0.15, -0.1) is 0 Å². The summed E-state index contributed by atoms with van der Waals surface area (Å²) in [7, 11) is 0. The van der Waals surface area contributed by atoms with E-state index in [9.17, 15) is 10.5 Å². The fourth-order valence-corrected chi connectivity index (χ4v) is 7.26. The molecule has 3 heterocycles. The normalized spacial score (nSPS) is 11.3. The number of rotatable bonds is 5. The molecule has 10 rings (SSSR count). The Bertz CT molecular complexity index is 3180. The molecule has 0 saturated heterocycles. The first-order chi connectivity index (χ1) is 26.6. The zero-order valence-electron chi connectivity index (χ0n) is 28.5. The lowest BCUT2D eigenvalue weighted by Gasteiger charge is -2.10. The summed E-state index contributed by atoms with van der Waals surface area (Å²) < 4.78 is 12.8. The largest absolute Gasteiger partial charge is 0.456 e. The molecule has 7 nitrogen and oxygen atoms in total. The summed E-state index contributed by atoms with van der Waals surface area (Å²) in [5.41, 5.74) is 10.3. The van der Waals surface area contributed by atoms with Gasteiger partial charge in [0.1, 0.15) is 22.3 Å². The number of aromatic nitrogens is 3. The van der Waals surface area contributed by atoms with Crippen LogP contribution >= 0.6 is 0 Å². The summed E-state index contributed by atoms with van der Waals surface area (Å²) >= 11 is 0. The maximum absolute atomic E-state index is 10.2. The van der Waals surface area contributed by atoms with Crippen molar-refractivity contribution in [3.05, 3.63) is 163 Å². The lowest BCUT2D eigenvalue weighted by atomic mass is 9.94. The molecule has 0 aliphatic carbocycles. The lowest BCUT2D eigenvalue weighted by molar-refractivity contribution is 0.668. The Hall–Kier alpha value is -7.87. The molecule has 0 amide bonds. The zero-order valence-corrected chi connectivity index (χ0v) is 28.5. The van der Waals surface area contributed by atoms with Gasteiger partial charge in [-0.1, -0.05) is 78.9 Å². The summed E-state index contributed by atoms with van der Waals surface area (Å²) in [5, 5.41) is 23.7. The van der Waals surface area contributed by atoms with Crippen molar-refractivity contribution in [2.75, 3.05) is 0 Å². The smallest absolute Gasteiger partial charge is 0.164 e. The van der Waals surface area contributed by atoms with Crippen LogP contribution in [0.3, 0.4) is 0 Å². The number of para-hydroxylation sites is 1. The van der Waals surface area contributed by atoms with Crippen LogP contribution in [0.2, 0.25) is 0 Å². The Morgan fingerprint density at radius 1 is 0.370 bits per heavy atom. The second kappa shape index (κ2) is 12.4. The minimum atomic E-state index is 0.428. The van der Waals surface area contributed by atoms with E-state index in [2.05, 4.69) is 42.5 Å². The highest BCUT2D eigenvalue weighted by molar-refractivity contribution is 6.19. The Kier molecular flexibility index (Phi) is 7.11. The molecule has 0 atom stereocenters. The fourth-order valence-electron chi connectivity index (χ4n) is 7.26. The van der Waals surface area contributed by atoms with Crippen LogP contribution in [-0.4, -0.2) is 15.0 Å². The number of benzene rings is 7. The molecule has 0 saturated carbocycles. The number of nitrogens with zero attached hydrogens (tertiary/aromatic N) is 5. The fraction of sp³-hybridized carbons (Fsp3) is 0. The van der Waals surface area contributed by atoms with Gasteiger partial charge in [0.2, 0.25) is 0 Å². The van der Waals surface area contributed by atoms with Crippen molar-refractivity contribution < 1.29 is 8.83 Å². The van der Waals surface area contributed by atoms with Crippen molar-refractivity contribution >= 4 is 43.9 Å². The third-order valence-corrected chi connectivity index (χ3v) is 9.78. The van der Waals surface area contributed by atoms with E-state index >= 15 is 0 Å². The van der Waals surface area contributed by atoms with E-state index in [1.165, 1.54) is 0 Å². The quantitative estimate of drug-likeness (QED) is 0.176. The summed E-state index contributed by atoms with van der Waals surface area (Å²) in [6.07, 6.45) is 0. The van der Waals surface area contributed by atoms with Crippen molar-refractivity contribution in [3.8, 4) is 68.6 Å². The third-order valence-electron chi connectivity index (χ3n) is 9.78. The standard InChI is InChI=1S/C47H25N5O2/c48-26-28-16-18-31(19-17-28)46-50-45(30-8-2-1-3-9-30)51-47(52-46)34-23-29(27-49)22-33(24-34)32-20-21-38-42(25-32)54-41-15-7-12-36(44(38)41)35-11-6-14-40-43(35)37-10-4-5-13-39(37)53-40/h1-25H. The first kappa shape index (κ1) is 30.9.